The monoisotopic (exact) mass is 361 g/mol. The van der Waals surface area contributed by atoms with E-state index in [9.17, 15) is 0 Å². The smallest absolute Gasteiger partial charge is 0.119 e. The van der Waals surface area contributed by atoms with Gasteiger partial charge in [0.1, 0.15) is 18.1 Å². The molecule has 3 heteroatoms. The normalized spacial score (nSPS) is 11.6. The lowest BCUT2D eigenvalue weighted by Gasteiger charge is -2.13. The quantitative estimate of drug-likeness (QED) is 0.503. The lowest BCUT2D eigenvalue weighted by Crippen LogP contribution is -2.09. The van der Waals surface area contributed by atoms with Crippen molar-refractivity contribution in [2.75, 3.05) is 5.32 Å². The van der Waals surface area contributed by atoms with Gasteiger partial charge in [0.2, 0.25) is 0 Å². The summed E-state index contributed by atoms with van der Waals surface area (Å²) in [4.78, 5) is 0. The van der Waals surface area contributed by atoms with Crippen molar-refractivity contribution in [2.45, 2.75) is 39.5 Å². The Morgan fingerprint density at radius 1 is 0.778 bits per heavy atom. The Morgan fingerprint density at radius 3 is 2.11 bits per heavy atom. The summed E-state index contributed by atoms with van der Waals surface area (Å²) in [5, 5.41) is 3.44. The van der Waals surface area contributed by atoms with Gasteiger partial charge in [-0.3, -0.25) is 0 Å². The summed E-state index contributed by atoms with van der Waals surface area (Å²) in [7, 11) is 0. The predicted octanol–water partition coefficient (Wildman–Crippen LogP) is 6.06. The van der Waals surface area contributed by atoms with E-state index in [0.717, 1.165) is 30.2 Å². The first-order valence-corrected chi connectivity index (χ1v) is 9.49. The van der Waals surface area contributed by atoms with Gasteiger partial charge in [0.05, 0.1) is 6.10 Å². The molecule has 3 aromatic carbocycles. The van der Waals surface area contributed by atoms with E-state index in [-0.39, 0.29) is 6.10 Å². The van der Waals surface area contributed by atoms with Crippen molar-refractivity contribution < 1.29 is 9.47 Å². The molecule has 0 heterocycles. The second-order valence-electron chi connectivity index (χ2n) is 6.63. The van der Waals surface area contributed by atoms with Crippen LogP contribution in [-0.2, 0) is 13.2 Å². The van der Waals surface area contributed by atoms with E-state index in [1.54, 1.807) is 0 Å². The summed E-state index contributed by atoms with van der Waals surface area (Å²) < 4.78 is 11.6. The molecule has 0 fully saturated rings. The predicted molar refractivity (Wildman–Crippen MR) is 111 cm³/mol. The van der Waals surface area contributed by atoms with Gasteiger partial charge in [0, 0.05) is 12.2 Å². The molecule has 27 heavy (non-hydrogen) atoms. The fourth-order valence-electron chi connectivity index (χ4n) is 2.62. The molecule has 0 radical (unpaired) electrons. The lowest BCUT2D eigenvalue weighted by atomic mass is 10.2. The SMILES string of the molecule is CC[C@H](C)Oc1ccc(CNc2ccc(OCc3ccccc3)cc2)cc1. The topological polar surface area (TPSA) is 30.5 Å². The van der Waals surface area contributed by atoms with E-state index < -0.39 is 0 Å². The van der Waals surface area contributed by atoms with E-state index in [4.69, 9.17) is 9.47 Å². The first kappa shape index (κ1) is 18.8. The van der Waals surface area contributed by atoms with Crippen LogP contribution in [0.4, 0.5) is 5.69 Å². The average Bonchev–Trinajstić information content (AvgIpc) is 2.73. The van der Waals surface area contributed by atoms with Crippen LogP contribution in [0.3, 0.4) is 0 Å². The highest BCUT2D eigenvalue weighted by Crippen LogP contribution is 2.19. The molecule has 140 valence electrons. The van der Waals surface area contributed by atoms with Crippen molar-refractivity contribution in [2.24, 2.45) is 0 Å². The first-order valence-electron chi connectivity index (χ1n) is 9.49. The molecule has 0 bridgehead atoms. The molecule has 1 atom stereocenters. The van der Waals surface area contributed by atoms with E-state index in [1.165, 1.54) is 11.1 Å². The average molecular weight is 361 g/mol. The minimum atomic E-state index is 0.247. The third-order valence-corrected chi connectivity index (χ3v) is 4.43. The summed E-state index contributed by atoms with van der Waals surface area (Å²) in [6.45, 7) is 5.57. The van der Waals surface area contributed by atoms with E-state index in [0.29, 0.717) is 6.61 Å². The van der Waals surface area contributed by atoms with E-state index >= 15 is 0 Å². The highest BCUT2D eigenvalue weighted by atomic mass is 16.5. The highest BCUT2D eigenvalue weighted by molar-refractivity contribution is 5.47. The summed E-state index contributed by atoms with van der Waals surface area (Å²) in [5.41, 5.74) is 3.46. The van der Waals surface area contributed by atoms with Gasteiger partial charge >= 0.3 is 0 Å². The second-order valence-corrected chi connectivity index (χ2v) is 6.63. The van der Waals surface area contributed by atoms with Crippen LogP contribution in [0.1, 0.15) is 31.4 Å². The van der Waals surface area contributed by atoms with Gasteiger partial charge in [-0.1, -0.05) is 49.4 Å². The molecule has 0 spiro atoms. The molecule has 0 aliphatic carbocycles. The number of rotatable bonds is 9. The number of nitrogens with one attached hydrogen (secondary N) is 1. The van der Waals surface area contributed by atoms with E-state index in [1.807, 2.05) is 54.6 Å². The second kappa shape index (κ2) is 9.67. The van der Waals surface area contributed by atoms with Gasteiger partial charge in [-0.2, -0.15) is 0 Å². The van der Waals surface area contributed by atoms with Gasteiger partial charge in [0.25, 0.3) is 0 Å². The Balaban J connectivity index is 1.47. The Kier molecular flexibility index (Phi) is 6.75. The molecule has 0 aliphatic heterocycles. The zero-order valence-electron chi connectivity index (χ0n) is 16.0. The van der Waals surface area contributed by atoms with Gasteiger partial charge in [-0.05, 0) is 60.9 Å². The summed E-state index contributed by atoms with van der Waals surface area (Å²) >= 11 is 0. The highest BCUT2D eigenvalue weighted by Gasteiger charge is 2.02. The molecule has 3 aromatic rings. The lowest BCUT2D eigenvalue weighted by molar-refractivity contribution is 0.217. The zero-order chi connectivity index (χ0) is 18.9. The first-order chi connectivity index (χ1) is 13.2. The number of hydrogen-bond donors (Lipinski definition) is 1. The summed E-state index contributed by atoms with van der Waals surface area (Å²) in [6.07, 6.45) is 1.26. The van der Waals surface area contributed by atoms with Gasteiger partial charge in [-0.25, -0.2) is 0 Å². The number of hydrogen-bond acceptors (Lipinski definition) is 3. The minimum absolute atomic E-state index is 0.247. The molecule has 0 saturated carbocycles. The molecule has 0 aromatic heterocycles. The fourth-order valence-corrected chi connectivity index (χ4v) is 2.62. The summed E-state index contributed by atoms with van der Waals surface area (Å²) in [6, 6.07) is 26.5. The molecule has 0 aliphatic rings. The van der Waals surface area contributed by atoms with Crippen molar-refractivity contribution in [1.29, 1.82) is 0 Å². The Morgan fingerprint density at radius 2 is 1.44 bits per heavy atom. The molecule has 3 rings (SSSR count). The Bertz CT molecular complexity index is 798. The molecular weight excluding hydrogens is 334 g/mol. The number of anilines is 1. The molecule has 0 saturated heterocycles. The van der Waals surface area contributed by atoms with Crippen LogP contribution in [0.15, 0.2) is 78.9 Å². The maximum absolute atomic E-state index is 5.82. The molecule has 1 N–H and O–H groups in total. The van der Waals surface area contributed by atoms with Gasteiger partial charge in [0.15, 0.2) is 0 Å². The van der Waals surface area contributed by atoms with E-state index in [2.05, 4.69) is 43.4 Å². The van der Waals surface area contributed by atoms with Crippen molar-refractivity contribution in [3.8, 4) is 11.5 Å². The maximum atomic E-state index is 5.82. The zero-order valence-corrected chi connectivity index (χ0v) is 16.0. The van der Waals surface area contributed by atoms with Crippen molar-refractivity contribution in [3.63, 3.8) is 0 Å². The Hall–Kier alpha value is -2.94. The van der Waals surface area contributed by atoms with Crippen LogP contribution in [0.5, 0.6) is 11.5 Å². The van der Waals surface area contributed by atoms with Gasteiger partial charge in [-0.15, -0.1) is 0 Å². The van der Waals surface area contributed by atoms with Crippen molar-refractivity contribution in [1.82, 2.24) is 0 Å². The molecule has 0 amide bonds. The third-order valence-electron chi connectivity index (χ3n) is 4.43. The van der Waals surface area contributed by atoms with Crippen LogP contribution in [0.2, 0.25) is 0 Å². The molecule has 0 unspecified atom stereocenters. The van der Waals surface area contributed by atoms with Crippen molar-refractivity contribution >= 4 is 5.69 Å². The van der Waals surface area contributed by atoms with Crippen LogP contribution in [0, 0.1) is 0 Å². The van der Waals surface area contributed by atoms with Gasteiger partial charge < -0.3 is 14.8 Å². The standard InChI is InChI=1S/C24H27NO2/c1-3-19(2)27-24-13-9-20(10-14-24)17-25-22-11-15-23(16-12-22)26-18-21-7-5-4-6-8-21/h4-16,19,25H,3,17-18H2,1-2H3/t19-/m0/s1. The third kappa shape index (κ3) is 6.07. The Labute approximate surface area is 162 Å². The molecular formula is C24H27NO2. The van der Waals surface area contributed by atoms with Crippen LogP contribution < -0.4 is 14.8 Å². The fraction of sp³-hybridized carbons (Fsp3) is 0.250. The van der Waals surface area contributed by atoms with Crippen LogP contribution in [-0.4, -0.2) is 6.10 Å². The minimum Gasteiger partial charge on any atom is -0.491 e. The van der Waals surface area contributed by atoms with Crippen molar-refractivity contribution in [3.05, 3.63) is 90.0 Å². The molecule has 3 nitrogen and oxygen atoms in total. The maximum Gasteiger partial charge on any atom is 0.119 e. The largest absolute Gasteiger partial charge is 0.491 e. The summed E-state index contributed by atoms with van der Waals surface area (Å²) in [5.74, 6) is 1.80. The van der Waals surface area contributed by atoms with Crippen LogP contribution >= 0.6 is 0 Å². The number of benzene rings is 3. The number of ether oxygens (including phenoxy) is 2. The van der Waals surface area contributed by atoms with Crippen LogP contribution in [0.25, 0.3) is 0 Å².